The lowest BCUT2D eigenvalue weighted by atomic mass is 10.0. The molecule has 0 saturated carbocycles. The fourth-order valence-electron chi connectivity index (χ4n) is 2.20. The number of nitrogens with zero attached hydrogens (tertiary/aromatic N) is 1. The number of carboxylic acid groups (broad SMARTS) is 1. The van der Waals surface area contributed by atoms with E-state index < -0.39 is 31.1 Å². The molecule has 0 saturated heterocycles. The average molecular weight is 292 g/mol. The first-order valence-corrected chi connectivity index (χ1v) is 6.56. The number of imide groups is 1. The molecule has 1 aliphatic heterocycles. The number of rotatable bonds is 4. The number of para-hydroxylation sites is 1. The van der Waals surface area contributed by atoms with Crippen molar-refractivity contribution in [2.75, 3.05) is 24.7 Å². The number of nitrogens with one attached hydrogen (secondary N) is 1. The predicted octanol–water partition coefficient (Wildman–Crippen LogP) is 0.777. The quantitative estimate of drug-likeness (QED) is 0.854. The Bertz CT molecular complexity index is 558. The van der Waals surface area contributed by atoms with Crippen molar-refractivity contribution in [1.29, 1.82) is 0 Å². The Morgan fingerprint density at radius 1 is 1.24 bits per heavy atom. The number of ether oxygens (including phenoxy) is 1. The molecule has 0 fully saturated rings. The molecule has 1 aliphatic rings. The molecule has 7 heteroatoms. The average Bonchev–Trinajstić information content (AvgIpc) is 2.46. The van der Waals surface area contributed by atoms with Gasteiger partial charge in [0.25, 0.3) is 5.91 Å². The third kappa shape index (κ3) is 4.03. The van der Waals surface area contributed by atoms with Gasteiger partial charge in [-0.25, -0.2) is 9.59 Å². The lowest BCUT2D eigenvalue weighted by Crippen LogP contribution is -2.46. The maximum Gasteiger partial charge on any atom is 0.329 e. The van der Waals surface area contributed by atoms with Gasteiger partial charge in [0.2, 0.25) is 0 Å². The van der Waals surface area contributed by atoms with Gasteiger partial charge in [0.1, 0.15) is 13.2 Å². The number of aryl methyl sites for hydroxylation is 1. The van der Waals surface area contributed by atoms with Gasteiger partial charge < -0.3 is 9.84 Å². The summed E-state index contributed by atoms with van der Waals surface area (Å²) in [6.07, 6.45) is 1.73. The highest BCUT2D eigenvalue weighted by molar-refractivity contribution is 6.03. The van der Waals surface area contributed by atoms with Gasteiger partial charge in [-0.1, -0.05) is 18.2 Å². The smallest absolute Gasteiger partial charge is 0.329 e. The molecule has 0 radical (unpaired) electrons. The van der Waals surface area contributed by atoms with Crippen LogP contribution in [0.1, 0.15) is 12.0 Å². The van der Waals surface area contributed by atoms with Crippen LogP contribution in [0.4, 0.5) is 10.5 Å². The summed E-state index contributed by atoms with van der Waals surface area (Å²) in [5.74, 6) is -1.83. The van der Waals surface area contributed by atoms with Gasteiger partial charge in [-0.3, -0.25) is 15.0 Å². The van der Waals surface area contributed by atoms with E-state index >= 15 is 0 Å². The van der Waals surface area contributed by atoms with E-state index in [1.807, 2.05) is 24.3 Å². The highest BCUT2D eigenvalue weighted by Gasteiger charge is 2.23. The molecule has 2 rings (SSSR count). The molecule has 7 nitrogen and oxygen atoms in total. The number of hydrogen-bond donors (Lipinski definition) is 2. The molecule has 1 aromatic carbocycles. The van der Waals surface area contributed by atoms with Crippen LogP contribution in [0.2, 0.25) is 0 Å². The van der Waals surface area contributed by atoms with Crippen LogP contribution in [0.25, 0.3) is 0 Å². The normalized spacial score (nSPS) is 13.4. The minimum Gasteiger partial charge on any atom is -0.480 e. The largest absolute Gasteiger partial charge is 0.480 e. The van der Waals surface area contributed by atoms with Crippen molar-refractivity contribution in [3.63, 3.8) is 0 Å². The van der Waals surface area contributed by atoms with Crippen molar-refractivity contribution in [2.24, 2.45) is 0 Å². The van der Waals surface area contributed by atoms with Crippen LogP contribution in [0.3, 0.4) is 0 Å². The molecular weight excluding hydrogens is 276 g/mol. The SMILES string of the molecule is O=C(O)COCC(=O)NC(=O)N1CCCc2ccccc21. The van der Waals surface area contributed by atoms with Crippen molar-refractivity contribution in [1.82, 2.24) is 5.32 Å². The number of carboxylic acids is 1. The molecule has 0 unspecified atom stereocenters. The molecule has 0 atom stereocenters. The van der Waals surface area contributed by atoms with E-state index in [9.17, 15) is 14.4 Å². The number of aliphatic carboxylic acids is 1. The lowest BCUT2D eigenvalue weighted by molar-refractivity contribution is -0.143. The summed E-state index contributed by atoms with van der Waals surface area (Å²) in [6, 6.07) is 7.01. The Labute approximate surface area is 121 Å². The first-order chi connectivity index (χ1) is 10.1. The molecule has 0 bridgehead atoms. The summed E-state index contributed by atoms with van der Waals surface area (Å²) in [4.78, 5) is 35.4. The standard InChI is InChI=1S/C14H16N2O5/c17-12(8-21-9-13(18)19)15-14(20)16-7-3-5-10-4-1-2-6-11(10)16/h1-2,4,6H,3,5,7-9H2,(H,18,19)(H,15,17,20). The topological polar surface area (TPSA) is 95.9 Å². The second kappa shape index (κ2) is 6.85. The monoisotopic (exact) mass is 292 g/mol. The second-order valence-electron chi connectivity index (χ2n) is 4.62. The Morgan fingerprint density at radius 3 is 2.76 bits per heavy atom. The first-order valence-electron chi connectivity index (χ1n) is 6.56. The highest BCUT2D eigenvalue weighted by Crippen LogP contribution is 2.26. The molecule has 21 heavy (non-hydrogen) atoms. The van der Waals surface area contributed by atoms with Gasteiger partial charge in [0.15, 0.2) is 0 Å². The van der Waals surface area contributed by atoms with Gasteiger partial charge in [0.05, 0.1) is 0 Å². The maximum absolute atomic E-state index is 12.1. The fourth-order valence-corrected chi connectivity index (χ4v) is 2.20. The van der Waals surface area contributed by atoms with E-state index in [0.717, 1.165) is 24.1 Å². The molecule has 2 N–H and O–H groups in total. The number of carbonyl (C=O) groups is 3. The van der Waals surface area contributed by atoms with Crippen LogP contribution in [0.5, 0.6) is 0 Å². The Kier molecular flexibility index (Phi) is 4.89. The van der Waals surface area contributed by atoms with Gasteiger partial charge in [-0.05, 0) is 24.5 Å². The number of anilines is 1. The summed E-state index contributed by atoms with van der Waals surface area (Å²) in [7, 11) is 0. The first kappa shape index (κ1) is 15.0. The molecule has 1 heterocycles. The van der Waals surface area contributed by atoms with Gasteiger partial charge >= 0.3 is 12.0 Å². The second-order valence-corrected chi connectivity index (χ2v) is 4.62. The van der Waals surface area contributed by atoms with Crippen LogP contribution < -0.4 is 10.2 Å². The number of amides is 3. The van der Waals surface area contributed by atoms with Crippen molar-refractivity contribution < 1.29 is 24.2 Å². The third-order valence-corrected chi connectivity index (χ3v) is 3.06. The van der Waals surface area contributed by atoms with E-state index in [-0.39, 0.29) is 0 Å². The zero-order valence-electron chi connectivity index (χ0n) is 11.4. The van der Waals surface area contributed by atoms with E-state index in [4.69, 9.17) is 5.11 Å². The summed E-state index contributed by atoms with van der Waals surface area (Å²) >= 11 is 0. The minimum absolute atomic E-state index is 0.465. The number of benzene rings is 1. The molecule has 3 amide bonds. The number of hydrogen-bond acceptors (Lipinski definition) is 4. The van der Waals surface area contributed by atoms with E-state index in [1.165, 1.54) is 4.90 Å². The zero-order chi connectivity index (χ0) is 15.2. The predicted molar refractivity (Wildman–Crippen MR) is 74.1 cm³/mol. The van der Waals surface area contributed by atoms with Crippen molar-refractivity contribution in [2.45, 2.75) is 12.8 Å². The van der Waals surface area contributed by atoms with Gasteiger partial charge in [-0.15, -0.1) is 0 Å². The Balaban J connectivity index is 1.92. The van der Waals surface area contributed by atoms with Gasteiger partial charge in [0, 0.05) is 12.2 Å². The van der Waals surface area contributed by atoms with Crippen LogP contribution >= 0.6 is 0 Å². The highest BCUT2D eigenvalue weighted by atomic mass is 16.5. The van der Waals surface area contributed by atoms with Crippen LogP contribution in [0.15, 0.2) is 24.3 Å². The minimum atomic E-state index is -1.17. The van der Waals surface area contributed by atoms with Crippen LogP contribution in [-0.4, -0.2) is 42.8 Å². The van der Waals surface area contributed by atoms with Crippen LogP contribution in [-0.2, 0) is 20.7 Å². The van der Waals surface area contributed by atoms with Crippen molar-refractivity contribution in [3.05, 3.63) is 29.8 Å². The molecule has 0 aliphatic carbocycles. The van der Waals surface area contributed by atoms with Crippen molar-refractivity contribution in [3.8, 4) is 0 Å². The number of fused-ring (bicyclic) bond motifs is 1. The van der Waals surface area contributed by atoms with Crippen molar-refractivity contribution >= 4 is 23.6 Å². The van der Waals surface area contributed by atoms with Gasteiger partial charge in [-0.2, -0.15) is 0 Å². The number of carbonyl (C=O) groups excluding carboxylic acids is 2. The summed E-state index contributed by atoms with van der Waals surface area (Å²) in [5, 5.41) is 10.6. The fraction of sp³-hybridized carbons (Fsp3) is 0.357. The molecule has 1 aromatic rings. The van der Waals surface area contributed by atoms with E-state index in [0.29, 0.717) is 6.54 Å². The maximum atomic E-state index is 12.1. The Morgan fingerprint density at radius 2 is 2.00 bits per heavy atom. The summed E-state index contributed by atoms with van der Waals surface area (Å²) in [6.45, 7) is -0.506. The number of urea groups is 1. The third-order valence-electron chi connectivity index (χ3n) is 3.06. The molecular formula is C14H16N2O5. The summed E-state index contributed by atoms with van der Waals surface area (Å²) in [5.41, 5.74) is 1.86. The lowest BCUT2D eigenvalue weighted by Gasteiger charge is -2.29. The Hall–Kier alpha value is -2.41. The molecule has 112 valence electrons. The molecule has 0 spiro atoms. The summed E-state index contributed by atoms with van der Waals surface area (Å²) < 4.78 is 4.63. The van der Waals surface area contributed by atoms with E-state index in [2.05, 4.69) is 10.1 Å². The zero-order valence-corrected chi connectivity index (χ0v) is 11.4. The van der Waals surface area contributed by atoms with E-state index in [1.54, 1.807) is 0 Å². The van der Waals surface area contributed by atoms with Crippen LogP contribution in [0, 0.1) is 0 Å². The molecule has 0 aromatic heterocycles.